The molecule has 1 unspecified atom stereocenters. The largest absolute Gasteiger partial charge is 0.248 e. The van der Waals surface area contributed by atoms with Crippen LogP contribution < -0.4 is 0 Å². The molecule has 0 aromatic heterocycles. The number of halogens is 3. The molecular weight excluding hydrogens is 202 g/mol. The van der Waals surface area contributed by atoms with E-state index in [9.17, 15) is 8.78 Å². The summed E-state index contributed by atoms with van der Waals surface area (Å²) < 4.78 is 25.0. The summed E-state index contributed by atoms with van der Waals surface area (Å²) in [5, 5.41) is 0.855. The summed E-state index contributed by atoms with van der Waals surface area (Å²) in [6, 6.07) is 0. The van der Waals surface area contributed by atoms with Gasteiger partial charge in [-0.3, -0.25) is 0 Å². The van der Waals surface area contributed by atoms with E-state index in [-0.39, 0.29) is 18.8 Å². The topological polar surface area (TPSA) is 0 Å². The van der Waals surface area contributed by atoms with Crippen LogP contribution in [0, 0.1) is 5.92 Å². The van der Waals surface area contributed by atoms with Gasteiger partial charge in [0, 0.05) is 18.2 Å². The Balaban J connectivity index is 2.29. The molecule has 1 aliphatic carbocycles. The normalized spacial score (nSPS) is 30.9. The van der Waals surface area contributed by atoms with Crippen molar-refractivity contribution in [2.75, 3.05) is 5.33 Å². The van der Waals surface area contributed by atoms with Crippen LogP contribution in [0.5, 0.6) is 0 Å². The average molecular weight is 213 g/mol. The highest BCUT2D eigenvalue weighted by atomic mass is 79.9. The number of rotatable bonds is 2. The second kappa shape index (κ2) is 3.16. The predicted molar refractivity (Wildman–Crippen MR) is 40.7 cm³/mol. The highest BCUT2D eigenvalue weighted by Gasteiger charge is 2.38. The third-order valence-electron chi connectivity index (χ3n) is 2.02. The van der Waals surface area contributed by atoms with Crippen LogP contribution in [0.2, 0.25) is 0 Å². The van der Waals surface area contributed by atoms with Crippen LogP contribution in [-0.2, 0) is 0 Å². The van der Waals surface area contributed by atoms with Gasteiger partial charge in [0.25, 0.3) is 0 Å². The fourth-order valence-electron chi connectivity index (χ4n) is 1.44. The van der Waals surface area contributed by atoms with Crippen LogP contribution in [0.25, 0.3) is 0 Å². The summed E-state index contributed by atoms with van der Waals surface area (Å²) in [6.45, 7) is 0. The van der Waals surface area contributed by atoms with Crippen LogP contribution in [0.3, 0.4) is 0 Å². The summed E-state index contributed by atoms with van der Waals surface area (Å²) in [4.78, 5) is 0. The summed E-state index contributed by atoms with van der Waals surface area (Å²) in [7, 11) is 0. The van der Waals surface area contributed by atoms with Crippen LogP contribution in [0.4, 0.5) is 8.78 Å². The molecule has 0 heterocycles. The van der Waals surface area contributed by atoms with Crippen molar-refractivity contribution in [2.24, 2.45) is 5.92 Å². The zero-order valence-electron chi connectivity index (χ0n) is 5.75. The molecule has 1 rings (SSSR count). The van der Waals surface area contributed by atoms with Gasteiger partial charge < -0.3 is 0 Å². The van der Waals surface area contributed by atoms with Gasteiger partial charge in [0.2, 0.25) is 5.92 Å². The molecule has 10 heavy (non-hydrogen) atoms. The first-order chi connectivity index (χ1) is 4.64. The molecule has 0 nitrogen and oxygen atoms in total. The van der Waals surface area contributed by atoms with E-state index in [2.05, 4.69) is 15.9 Å². The van der Waals surface area contributed by atoms with Gasteiger partial charge in [0.05, 0.1) is 0 Å². The van der Waals surface area contributed by atoms with E-state index in [1.165, 1.54) is 0 Å². The van der Waals surface area contributed by atoms with E-state index in [1.54, 1.807) is 0 Å². The van der Waals surface area contributed by atoms with Crippen molar-refractivity contribution >= 4 is 15.9 Å². The SMILES string of the molecule is FC1(F)CCC(CCBr)C1. The van der Waals surface area contributed by atoms with Gasteiger partial charge in [-0.25, -0.2) is 8.78 Å². The second-order valence-electron chi connectivity index (χ2n) is 2.94. The average Bonchev–Trinajstić information content (AvgIpc) is 2.12. The Labute approximate surface area is 68.1 Å². The van der Waals surface area contributed by atoms with Crippen molar-refractivity contribution in [3.63, 3.8) is 0 Å². The maximum Gasteiger partial charge on any atom is 0.248 e. The minimum Gasteiger partial charge on any atom is -0.207 e. The predicted octanol–water partition coefficient (Wildman–Crippen LogP) is 3.21. The summed E-state index contributed by atoms with van der Waals surface area (Å²) >= 11 is 3.25. The van der Waals surface area contributed by atoms with Crippen LogP contribution in [0.15, 0.2) is 0 Å². The minimum absolute atomic E-state index is 0.102. The summed E-state index contributed by atoms with van der Waals surface area (Å²) in [6.07, 6.45) is 1.82. The van der Waals surface area contributed by atoms with Gasteiger partial charge in [-0.1, -0.05) is 15.9 Å². The second-order valence-corrected chi connectivity index (χ2v) is 3.74. The molecule has 3 heteroatoms. The molecule has 0 N–H and O–H groups in total. The van der Waals surface area contributed by atoms with E-state index in [4.69, 9.17) is 0 Å². The van der Waals surface area contributed by atoms with Gasteiger partial charge in [-0.2, -0.15) is 0 Å². The van der Waals surface area contributed by atoms with Crippen molar-refractivity contribution in [3.05, 3.63) is 0 Å². The smallest absolute Gasteiger partial charge is 0.207 e. The quantitative estimate of drug-likeness (QED) is 0.618. The molecule has 1 aliphatic rings. The fraction of sp³-hybridized carbons (Fsp3) is 1.00. The minimum atomic E-state index is -2.35. The molecule has 1 saturated carbocycles. The standard InChI is InChI=1S/C7H11BrF2/c8-4-2-6-1-3-7(9,10)5-6/h6H,1-5H2. The zero-order chi connectivity index (χ0) is 7.61. The van der Waals surface area contributed by atoms with Crippen LogP contribution in [-0.4, -0.2) is 11.3 Å². The molecule has 0 saturated heterocycles. The first kappa shape index (κ1) is 8.44. The monoisotopic (exact) mass is 212 g/mol. The Bertz CT molecular complexity index is 114. The van der Waals surface area contributed by atoms with Crippen molar-refractivity contribution in [1.82, 2.24) is 0 Å². The first-order valence-corrected chi connectivity index (χ1v) is 4.70. The van der Waals surface area contributed by atoms with E-state index >= 15 is 0 Å². The fourth-order valence-corrected chi connectivity index (χ4v) is 2.09. The van der Waals surface area contributed by atoms with Crippen LogP contribution >= 0.6 is 15.9 Å². The molecule has 0 aromatic rings. The van der Waals surface area contributed by atoms with E-state index in [0.29, 0.717) is 6.42 Å². The van der Waals surface area contributed by atoms with Gasteiger partial charge >= 0.3 is 0 Å². The Kier molecular flexibility index (Phi) is 2.67. The number of hydrogen-bond acceptors (Lipinski definition) is 0. The molecule has 0 bridgehead atoms. The third-order valence-corrected chi connectivity index (χ3v) is 2.48. The van der Waals surface area contributed by atoms with Crippen molar-refractivity contribution in [1.29, 1.82) is 0 Å². The summed E-state index contributed by atoms with van der Waals surface area (Å²) in [5.41, 5.74) is 0. The molecular formula is C7H11BrF2. The maximum atomic E-state index is 12.5. The lowest BCUT2D eigenvalue weighted by Crippen LogP contribution is -2.09. The van der Waals surface area contributed by atoms with E-state index in [0.717, 1.165) is 11.8 Å². The zero-order valence-corrected chi connectivity index (χ0v) is 7.33. The van der Waals surface area contributed by atoms with Gasteiger partial charge in [0.15, 0.2) is 0 Å². The van der Waals surface area contributed by atoms with E-state index in [1.807, 2.05) is 0 Å². The Hall–Kier alpha value is 0.340. The van der Waals surface area contributed by atoms with Gasteiger partial charge in [0.1, 0.15) is 0 Å². The highest BCUT2D eigenvalue weighted by molar-refractivity contribution is 9.09. The highest BCUT2D eigenvalue weighted by Crippen LogP contribution is 2.40. The van der Waals surface area contributed by atoms with Gasteiger partial charge in [-0.05, 0) is 18.8 Å². The Morgan fingerprint density at radius 1 is 1.50 bits per heavy atom. The molecule has 0 radical (unpaired) electrons. The molecule has 0 aliphatic heterocycles. The van der Waals surface area contributed by atoms with Crippen molar-refractivity contribution in [3.8, 4) is 0 Å². The lowest BCUT2D eigenvalue weighted by atomic mass is 10.1. The lowest BCUT2D eigenvalue weighted by Gasteiger charge is -2.07. The molecule has 0 amide bonds. The Morgan fingerprint density at radius 3 is 2.60 bits per heavy atom. The number of hydrogen-bond donors (Lipinski definition) is 0. The number of alkyl halides is 3. The third kappa shape index (κ3) is 2.19. The molecule has 1 atom stereocenters. The summed E-state index contributed by atoms with van der Waals surface area (Å²) in [5.74, 6) is -2.10. The van der Waals surface area contributed by atoms with Crippen molar-refractivity contribution < 1.29 is 8.78 Å². The molecule has 60 valence electrons. The van der Waals surface area contributed by atoms with Gasteiger partial charge in [-0.15, -0.1) is 0 Å². The first-order valence-electron chi connectivity index (χ1n) is 3.58. The van der Waals surface area contributed by atoms with Crippen molar-refractivity contribution in [2.45, 2.75) is 31.6 Å². The molecule has 1 fully saturated rings. The van der Waals surface area contributed by atoms with E-state index < -0.39 is 5.92 Å². The van der Waals surface area contributed by atoms with Crippen LogP contribution in [0.1, 0.15) is 25.7 Å². The molecule has 0 aromatic carbocycles. The maximum absolute atomic E-state index is 12.5. The Morgan fingerprint density at radius 2 is 2.20 bits per heavy atom. The molecule has 0 spiro atoms. The lowest BCUT2D eigenvalue weighted by molar-refractivity contribution is 0.00497.